The number of thioether (sulfide) groups is 1. The number of amides is 4. The average Bonchev–Trinajstić information content (AvgIpc) is 3.34. The average molecular weight is 472 g/mol. The van der Waals surface area contributed by atoms with Crippen molar-refractivity contribution in [3.63, 3.8) is 0 Å². The molecule has 33 heavy (non-hydrogen) atoms. The lowest BCUT2D eigenvalue weighted by molar-refractivity contribution is -0.407. The highest BCUT2D eigenvalue weighted by Crippen LogP contribution is 2.32. The van der Waals surface area contributed by atoms with Crippen LogP contribution in [0.4, 0.5) is 16.2 Å². The fourth-order valence-electron chi connectivity index (χ4n) is 4.11. The Labute approximate surface area is 193 Å². The fraction of sp³-hybridized carbons (Fsp3) is 0.429. The summed E-state index contributed by atoms with van der Waals surface area (Å²) in [5, 5.41) is 14.0. The number of nitrogens with zero attached hydrogens (tertiary/aromatic N) is 5. The normalized spacial score (nSPS) is 21.0. The number of non-ortho nitro benzene ring substituents is 1. The summed E-state index contributed by atoms with van der Waals surface area (Å²) in [4.78, 5) is 58.6. The summed E-state index contributed by atoms with van der Waals surface area (Å²) >= 11 is 1.11. The molecule has 172 valence electrons. The highest BCUT2D eigenvalue weighted by atomic mass is 32.2. The van der Waals surface area contributed by atoms with Gasteiger partial charge in [-0.3, -0.25) is 19.7 Å². The van der Waals surface area contributed by atoms with Crippen LogP contribution < -0.4 is 5.32 Å². The maximum atomic E-state index is 12.9. The number of carbonyl (C=O) groups excluding carboxylic acids is 3. The van der Waals surface area contributed by atoms with Gasteiger partial charge in [0.15, 0.2) is 5.92 Å². The number of aliphatic imine (C=N–C) groups is 2. The third kappa shape index (κ3) is 4.56. The third-order valence-corrected chi connectivity index (χ3v) is 6.90. The van der Waals surface area contributed by atoms with E-state index in [9.17, 15) is 24.5 Å². The second-order valence-electron chi connectivity index (χ2n) is 8.08. The monoisotopic (exact) mass is 471 g/mol. The van der Waals surface area contributed by atoms with Gasteiger partial charge in [-0.25, -0.2) is 9.79 Å². The van der Waals surface area contributed by atoms with Crippen molar-refractivity contribution in [2.24, 2.45) is 21.8 Å². The highest BCUT2D eigenvalue weighted by molar-refractivity contribution is 8.14. The molecular formula is C21H23N6O5S+. The van der Waals surface area contributed by atoms with Gasteiger partial charge >= 0.3 is 11.9 Å². The van der Waals surface area contributed by atoms with Crippen LogP contribution in [0.5, 0.6) is 0 Å². The molecule has 3 aliphatic rings. The molecule has 12 heteroatoms. The first-order valence-electron chi connectivity index (χ1n) is 10.5. The molecular weight excluding hydrogens is 448 g/mol. The van der Waals surface area contributed by atoms with Crippen molar-refractivity contribution in [3.05, 3.63) is 34.4 Å². The van der Waals surface area contributed by atoms with Crippen molar-refractivity contribution in [2.75, 3.05) is 25.2 Å². The van der Waals surface area contributed by atoms with Crippen LogP contribution in [0.1, 0.15) is 25.7 Å². The Morgan fingerprint density at radius 2 is 2.03 bits per heavy atom. The molecule has 1 aromatic rings. The molecule has 1 saturated carbocycles. The summed E-state index contributed by atoms with van der Waals surface area (Å²) < 4.78 is 1.36. The van der Waals surface area contributed by atoms with Crippen molar-refractivity contribution >= 4 is 57.7 Å². The maximum absolute atomic E-state index is 12.9. The van der Waals surface area contributed by atoms with Gasteiger partial charge in [-0.05, 0) is 18.9 Å². The minimum absolute atomic E-state index is 0.0576. The van der Waals surface area contributed by atoms with Crippen LogP contribution >= 0.6 is 11.8 Å². The third-order valence-electron chi connectivity index (χ3n) is 5.87. The van der Waals surface area contributed by atoms with Gasteiger partial charge in [0.2, 0.25) is 11.7 Å². The molecule has 0 radical (unpaired) electrons. The van der Waals surface area contributed by atoms with Crippen LogP contribution in [0, 0.1) is 22.0 Å². The fourth-order valence-corrected chi connectivity index (χ4v) is 4.99. The van der Waals surface area contributed by atoms with Gasteiger partial charge in [0.25, 0.3) is 11.5 Å². The van der Waals surface area contributed by atoms with Gasteiger partial charge in [0, 0.05) is 23.7 Å². The molecule has 0 saturated heterocycles. The van der Waals surface area contributed by atoms with E-state index in [1.54, 1.807) is 13.1 Å². The molecule has 1 unspecified atom stereocenters. The number of fused-ring (bicyclic) bond motifs is 1. The minimum atomic E-state index is -0.849. The highest BCUT2D eigenvalue weighted by Gasteiger charge is 2.49. The first kappa shape index (κ1) is 22.8. The Kier molecular flexibility index (Phi) is 6.36. The number of rotatable bonds is 5. The van der Waals surface area contributed by atoms with E-state index in [0.29, 0.717) is 22.4 Å². The van der Waals surface area contributed by atoms with Crippen LogP contribution in [0.25, 0.3) is 0 Å². The van der Waals surface area contributed by atoms with E-state index >= 15 is 0 Å². The quantitative estimate of drug-likeness (QED) is 0.398. The van der Waals surface area contributed by atoms with Crippen molar-refractivity contribution < 1.29 is 23.9 Å². The molecule has 4 amide bonds. The smallest absolute Gasteiger partial charge is 0.325 e. The molecule has 4 rings (SSSR count). The number of nitro benzene ring substituents is 1. The predicted molar refractivity (Wildman–Crippen MR) is 124 cm³/mol. The Bertz CT molecular complexity index is 1140. The Morgan fingerprint density at radius 3 is 2.73 bits per heavy atom. The summed E-state index contributed by atoms with van der Waals surface area (Å²) in [6.45, 7) is 0. The van der Waals surface area contributed by atoms with Gasteiger partial charge in [-0.1, -0.05) is 35.7 Å². The van der Waals surface area contributed by atoms with E-state index in [4.69, 9.17) is 0 Å². The predicted octanol–water partition coefficient (Wildman–Crippen LogP) is 2.52. The number of nitrogens with one attached hydrogen (secondary N) is 1. The number of anilines is 1. The zero-order valence-electron chi connectivity index (χ0n) is 18.2. The summed E-state index contributed by atoms with van der Waals surface area (Å²) in [6, 6.07) is 5.20. The number of amidine groups is 2. The topological polar surface area (TPSA) is 137 Å². The Hall–Kier alpha value is -3.41. The number of hydrogen-bond donors (Lipinski definition) is 1. The summed E-state index contributed by atoms with van der Waals surface area (Å²) in [7, 11) is 2.98. The van der Waals surface area contributed by atoms with Crippen LogP contribution in [-0.4, -0.2) is 68.8 Å². The molecule has 1 aromatic carbocycles. The zero-order chi connectivity index (χ0) is 23.7. The van der Waals surface area contributed by atoms with Crippen LogP contribution in [0.2, 0.25) is 0 Å². The molecule has 0 spiro atoms. The van der Waals surface area contributed by atoms with Crippen LogP contribution in [0.15, 0.2) is 34.3 Å². The SMILES string of the molecule is CN1C(=O)C2C(SCC(=O)Nc3cccc([N+](=O)[O-])c3)=NC(C3CCCC3)=NC2=[N+](C)C1=O. The number of urea groups is 1. The molecule has 0 bridgehead atoms. The molecule has 1 N–H and O–H groups in total. The van der Waals surface area contributed by atoms with E-state index < -0.39 is 28.7 Å². The Balaban J connectivity index is 1.56. The van der Waals surface area contributed by atoms with Crippen LogP contribution in [0.3, 0.4) is 0 Å². The van der Waals surface area contributed by atoms with E-state index in [-0.39, 0.29) is 17.4 Å². The second-order valence-corrected chi connectivity index (χ2v) is 9.07. The number of hydrogen-bond acceptors (Lipinski definition) is 8. The minimum Gasteiger partial charge on any atom is -0.325 e. The van der Waals surface area contributed by atoms with E-state index in [1.165, 1.54) is 29.8 Å². The molecule has 1 aliphatic carbocycles. The number of nitro groups is 1. The summed E-state index contributed by atoms with van der Waals surface area (Å²) in [5.41, 5.74) is 0.178. The number of benzene rings is 1. The summed E-state index contributed by atoms with van der Waals surface area (Å²) in [6.07, 6.45) is 4.03. The lowest BCUT2D eigenvalue weighted by atomic mass is 10.0. The zero-order valence-corrected chi connectivity index (χ0v) is 19.0. The molecule has 1 atom stereocenters. The van der Waals surface area contributed by atoms with E-state index in [2.05, 4.69) is 15.3 Å². The molecule has 0 aromatic heterocycles. The van der Waals surface area contributed by atoms with Crippen molar-refractivity contribution in [1.82, 2.24) is 4.90 Å². The molecule has 11 nitrogen and oxygen atoms in total. The van der Waals surface area contributed by atoms with Gasteiger partial charge in [0.05, 0.1) is 24.8 Å². The Morgan fingerprint density at radius 1 is 1.30 bits per heavy atom. The lowest BCUT2D eigenvalue weighted by Crippen LogP contribution is -2.55. The molecule has 1 fully saturated rings. The van der Waals surface area contributed by atoms with Gasteiger partial charge in [0.1, 0.15) is 5.04 Å². The second kappa shape index (κ2) is 9.22. The van der Waals surface area contributed by atoms with Crippen molar-refractivity contribution in [2.45, 2.75) is 25.7 Å². The van der Waals surface area contributed by atoms with Gasteiger partial charge in [-0.2, -0.15) is 9.48 Å². The molecule has 2 heterocycles. The maximum Gasteiger partial charge on any atom is 0.445 e. The lowest BCUT2D eigenvalue weighted by Gasteiger charge is -2.27. The van der Waals surface area contributed by atoms with Crippen molar-refractivity contribution in [1.29, 1.82) is 0 Å². The first-order valence-corrected chi connectivity index (χ1v) is 11.5. The van der Waals surface area contributed by atoms with Crippen LogP contribution in [-0.2, 0) is 9.59 Å². The van der Waals surface area contributed by atoms with Crippen molar-refractivity contribution in [3.8, 4) is 0 Å². The van der Waals surface area contributed by atoms with E-state index in [1.807, 2.05) is 0 Å². The van der Waals surface area contributed by atoms with Gasteiger partial charge < -0.3 is 5.32 Å². The first-order chi connectivity index (χ1) is 15.8. The molecule has 2 aliphatic heterocycles. The number of imide groups is 1. The standard InChI is InChI=1S/C21H22N6O5S/c1-25-18-16(20(29)26(2)21(25)30)19(24-17(23-18)12-6-3-4-7-12)33-11-15(28)22-13-8-5-9-14(10-13)27(31)32/h5,8-10,12,16H,3-4,6-7,11H2,1-2H3/p+1. The summed E-state index contributed by atoms with van der Waals surface area (Å²) in [5.74, 6) is -0.649. The van der Waals surface area contributed by atoms with E-state index in [0.717, 1.165) is 42.3 Å². The van der Waals surface area contributed by atoms with Gasteiger partial charge in [-0.15, -0.1) is 0 Å². The number of carbonyl (C=O) groups is 3. The largest absolute Gasteiger partial charge is 0.445 e.